The van der Waals surface area contributed by atoms with E-state index in [0.717, 1.165) is 30.9 Å². The molecule has 1 atom stereocenters. The highest BCUT2D eigenvalue weighted by Gasteiger charge is 2.22. The largest absolute Gasteiger partial charge is 0.497 e. The van der Waals surface area contributed by atoms with Crippen molar-refractivity contribution in [3.05, 3.63) is 23.8 Å². The number of nitrogens with two attached hydrogens (primary N) is 1. The Hall–Kier alpha value is -1.95. The Labute approximate surface area is 118 Å². The number of ether oxygens (including phenoxy) is 2. The third kappa shape index (κ3) is 2.96. The zero-order valence-electron chi connectivity index (χ0n) is 11.9. The van der Waals surface area contributed by atoms with Gasteiger partial charge in [0.1, 0.15) is 5.75 Å². The zero-order chi connectivity index (χ0) is 14.5. The fraction of sp³-hybridized carbons (Fsp3) is 0.500. The number of nitrogens with zero attached hydrogens (tertiary/aromatic N) is 2. The minimum Gasteiger partial charge on any atom is -0.497 e. The van der Waals surface area contributed by atoms with Crippen molar-refractivity contribution in [3.63, 3.8) is 0 Å². The molecule has 1 saturated heterocycles. The van der Waals surface area contributed by atoms with E-state index in [1.165, 1.54) is 0 Å². The predicted octanol–water partition coefficient (Wildman–Crippen LogP) is 1.40. The first-order chi connectivity index (χ1) is 9.69. The van der Waals surface area contributed by atoms with Gasteiger partial charge in [0, 0.05) is 24.7 Å². The second-order valence-electron chi connectivity index (χ2n) is 4.72. The Morgan fingerprint density at radius 3 is 3.05 bits per heavy atom. The van der Waals surface area contributed by atoms with Crippen LogP contribution in [-0.4, -0.2) is 44.0 Å². The van der Waals surface area contributed by atoms with Gasteiger partial charge in [-0.15, -0.1) is 0 Å². The molecule has 1 aliphatic rings. The van der Waals surface area contributed by atoms with Crippen LogP contribution in [0.3, 0.4) is 0 Å². The first-order valence-electron chi connectivity index (χ1n) is 6.72. The minimum atomic E-state index is 0.0993. The number of benzene rings is 1. The summed E-state index contributed by atoms with van der Waals surface area (Å²) in [5.74, 6) is 0.844. The van der Waals surface area contributed by atoms with Gasteiger partial charge >= 0.3 is 0 Å². The van der Waals surface area contributed by atoms with Gasteiger partial charge < -0.3 is 25.3 Å². The van der Waals surface area contributed by atoms with Crippen molar-refractivity contribution < 1.29 is 14.7 Å². The molecule has 6 nitrogen and oxygen atoms in total. The molecule has 1 aromatic carbocycles. The molecule has 0 amide bonds. The molecule has 110 valence electrons. The number of rotatable bonds is 4. The van der Waals surface area contributed by atoms with Crippen molar-refractivity contribution >= 4 is 11.5 Å². The summed E-state index contributed by atoms with van der Waals surface area (Å²) in [4.78, 5) is 2.19. The van der Waals surface area contributed by atoms with E-state index in [2.05, 4.69) is 17.0 Å². The average molecular weight is 279 g/mol. The Morgan fingerprint density at radius 2 is 2.40 bits per heavy atom. The van der Waals surface area contributed by atoms with E-state index in [1.807, 2.05) is 6.07 Å². The summed E-state index contributed by atoms with van der Waals surface area (Å²) >= 11 is 0. The molecular weight excluding hydrogens is 258 g/mol. The van der Waals surface area contributed by atoms with Gasteiger partial charge in [0.15, 0.2) is 5.84 Å². The lowest BCUT2D eigenvalue weighted by molar-refractivity contribution is 0.0384. The SMILES string of the molecule is CCC1CN(c2cc(OC)ccc2/C(N)=N/O)CCO1. The summed E-state index contributed by atoms with van der Waals surface area (Å²) in [6, 6.07) is 5.51. The molecule has 20 heavy (non-hydrogen) atoms. The molecule has 1 heterocycles. The Morgan fingerprint density at radius 1 is 1.60 bits per heavy atom. The van der Waals surface area contributed by atoms with E-state index in [4.69, 9.17) is 20.4 Å². The van der Waals surface area contributed by atoms with Gasteiger partial charge in [0.25, 0.3) is 0 Å². The first kappa shape index (κ1) is 14.5. The third-order valence-corrected chi connectivity index (χ3v) is 3.52. The second-order valence-corrected chi connectivity index (χ2v) is 4.72. The van der Waals surface area contributed by atoms with Crippen LogP contribution in [0.4, 0.5) is 5.69 Å². The number of methoxy groups -OCH3 is 1. The minimum absolute atomic E-state index is 0.0993. The van der Waals surface area contributed by atoms with Crippen LogP contribution in [0.2, 0.25) is 0 Å². The topological polar surface area (TPSA) is 80.3 Å². The molecule has 0 saturated carbocycles. The standard InChI is InChI=1S/C14H21N3O3/c1-3-10-9-17(6-7-20-10)13-8-11(19-2)4-5-12(13)14(15)16-18/h4-5,8,10,18H,3,6-7,9H2,1-2H3,(H2,15,16). The number of hydrogen-bond acceptors (Lipinski definition) is 5. The number of anilines is 1. The van der Waals surface area contributed by atoms with E-state index < -0.39 is 0 Å². The third-order valence-electron chi connectivity index (χ3n) is 3.52. The molecular formula is C14H21N3O3. The van der Waals surface area contributed by atoms with E-state index in [1.54, 1.807) is 19.2 Å². The van der Waals surface area contributed by atoms with Crippen LogP contribution >= 0.6 is 0 Å². The van der Waals surface area contributed by atoms with Gasteiger partial charge in [-0.2, -0.15) is 0 Å². The summed E-state index contributed by atoms with van der Waals surface area (Å²) in [7, 11) is 1.62. The molecule has 1 fully saturated rings. The van der Waals surface area contributed by atoms with Crippen LogP contribution in [0.15, 0.2) is 23.4 Å². The van der Waals surface area contributed by atoms with Crippen molar-refractivity contribution in [3.8, 4) is 5.75 Å². The molecule has 0 spiro atoms. The molecule has 0 bridgehead atoms. The maximum absolute atomic E-state index is 8.92. The molecule has 6 heteroatoms. The molecule has 1 unspecified atom stereocenters. The van der Waals surface area contributed by atoms with Gasteiger partial charge in [-0.3, -0.25) is 0 Å². The monoisotopic (exact) mass is 279 g/mol. The normalized spacial score (nSPS) is 20.0. The van der Waals surface area contributed by atoms with Crippen LogP contribution in [0, 0.1) is 0 Å². The van der Waals surface area contributed by atoms with Crippen LogP contribution < -0.4 is 15.4 Å². The zero-order valence-corrected chi connectivity index (χ0v) is 11.9. The summed E-state index contributed by atoms with van der Waals surface area (Å²) in [5, 5.41) is 12.0. The molecule has 3 N–H and O–H groups in total. The van der Waals surface area contributed by atoms with Crippen LogP contribution in [-0.2, 0) is 4.74 Å². The van der Waals surface area contributed by atoms with Crippen molar-refractivity contribution in [1.29, 1.82) is 0 Å². The Bertz CT molecular complexity index is 491. The fourth-order valence-electron chi connectivity index (χ4n) is 2.36. The van der Waals surface area contributed by atoms with Gasteiger partial charge in [0.2, 0.25) is 0 Å². The average Bonchev–Trinajstić information content (AvgIpc) is 2.53. The smallest absolute Gasteiger partial charge is 0.172 e. The quantitative estimate of drug-likeness (QED) is 0.377. The second kappa shape index (κ2) is 6.47. The number of amidine groups is 1. The highest BCUT2D eigenvalue weighted by atomic mass is 16.5. The Balaban J connectivity index is 2.36. The maximum atomic E-state index is 8.92. The van der Waals surface area contributed by atoms with Crippen molar-refractivity contribution in [2.45, 2.75) is 19.4 Å². The molecule has 0 aromatic heterocycles. The number of hydrogen-bond donors (Lipinski definition) is 2. The Kier molecular flexibility index (Phi) is 4.68. The summed E-state index contributed by atoms with van der Waals surface area (Å²) in [6.07, 6.45) is 1.16. The van der Waals surface area contributed by atoms with Crippen molar-refractivity contribution in [2.75, 3.05) is 31.7 Å². The first-order valence-corrected chi connectivity index (χ1v) is 6.72. The fourth-order valence-corrected chi connectivity index (χ4v) is 2.36. The van der Waals surface area contributed by atoms with Crippen LogP contribution in [0.25, 0.3) is 0 Å². The number of morpholine rings is 1. The van der Waals surface area contributed by atoms with E-state index in [9.17, 15) is 0 Å². The van der Waals surface area contributed by atoms with E-state index >= 15 is 0 Å². The molecule has 0 radical (unpaired) electrons. The molecule has 1 aliphatic heterocycles. The number of oxime groups is 1. The van der Waals surface area contributed by atoms with Gasteiger partial charge in [-0.25, -0.2) is 0 Å². The summed E-state index contributed by atoms with van der Waals surface area (Å²) in [6.45, 7) is 4.33. The maximum Gasteiger partial charge on any atom is 0.172 e. The molecule has 1 aromatic rings. The predicted molar refractivity (Wildman–Crippen MR) is 77.7 cm³/mol. The lowest BCUT2D eigenvalue weighted by atomic mass is 10.1. The highest BCUT2D eigenvalue weighted by molar-refractivity contribution is 6.02. The van der Waals surface area contributed by atoms with Crippen LogP contribution in [0.5, 0.6) is 5.75 Å². The lowest BCUT2D eigenvalue weighted by Crippen LogP contribution is -2.43. The van der Waals surface area contributed by atoms with Gasteiger partial charge in [-0.1, -0.05) is 12.1 Å². The summed E-state index contributed by atoms with van der Waals surface area (Å²) in [5.41, 5.74) is 7.36. The molecule has 0 aliphatic carbocycles. The van der Waals surface area contributed by atoms with E-state index in [-0.39, 0.29) is 11.9 Å². The lowest BCUT2D eigenvalue weighted by Gasteiger charge is -2.35. The summed E-state index contributed by atoms with van der Waals surface area (Å²) < 4.78 is 10.9. The highest BCUT2D eigenvalue weighted by Crippen LogP contribution is 2.28. The van der Waals surface area contributed by atoms with Crippen molar-refractivity contribution in [1.82, 2.24) is 0 Å². The van der Waals surface area contributed by atoms with Gasteiger partial charge in [0.05, 0.1) is 25.5 Å². The van der Waals surface area contributed by atoms with Crippen molar-refractivity contribution in [2.24, 2.45) is 10.9 Å². The van der Waals surface area contributed by atoms with Gasteiger partial charge in [-0.05, 0) is 18.6 Å². The van der Waals surface area contributed by atoms with E-state index in [0.29, 0.717) is 12.2 Å². The van der Waals surface area contributed by atoms with Crippen LogP contribution in [0.1, 0.15) is 18.9 Å². The molecule has 2 rings (SSSR count).